The van der Waals surface area contributed by atoms with E-state index < -0.39 is 6.10 Å². The van der Waals surface area contributed by atoms with Crippen LogP contribution in [0.5, 0.6) is 0 Å². The molecular weight excluding hydrogens is 254 g/mol. The van der Waals surface area contributed by atoms with E-state index in [1.165, 1.54) is 0 Å². The maximum atomic E-state index is 12.8. The number of aliphatic hydroxyl groups excluding tert-OH is 1. The number of hydrogen-bond acceptors (Lipinski definition) is 3. The number of aryl methyl sites for hydroxylation is 1. The molecular formula is C16H17NO3. The van der Waals surface area contributed by atoms with Crippen molar-refractivity contribution < 1.29 is 14.6 Å². The van der Waals surface area contributed by atoms with Gasteiger partial charge in [0.2, 0.25) is 5.91 Å². The molecule has 7 unspecified atom stereocenters. The highest BCUT2D eigenvalue weighted by molar-refractivity contribution is 5.99. The normalized spacial score (nSPS) is 47.6. The molecule has 1 aromatic carbocycles. The smallest absolute Gasteiger partial charge is 0.233 e. The van der Waals surface area contributed by atoms with E-state index in [9.17, 15) is 9.90 Å². The first-order valence-corrected chi connectivity index (χ1v) is 7.40. The maximum absolute atomic E-state index is 12.8. The monoisotopic (exact) mass is 271 g/mol. The molecule has 104 valence electrons. The third kappa shape index (κ3) is 1.07. The maximum Gasteiger partial charge on any atom is 0.233 e. The number of rotatable bonds is 1. The van der Waals surface area contributed by atoms with E-state index in [2.05, 4.69) is 0 Å². The molecule has 1 amide bonds. The Morgan fingerprint density at radius 3 is 2.90 bits per heavy atom. The van der Waals surface area contributed by atoms with E-state index in [-0.39, 0.29) is 30.1 Å². The third-order valence-corrected chi connectivity index (χ3v) is 5.89. The molecule has 2 heterocycles. The van der Waals surface area contributed by atoms with Crippen LogP contribution in [0.25, 0.3) is 0 Å². The summed E-state index contributed by atoms with van der Waals surface area (Å²) >= 11 is 0. The summed E-state index contributed by atoms with van der Waals surface area (Å²) in [6.45, 7) is 2.03. The fourth-order valence-electron chi connectivity index (χ4n) is 5.15. The van der Waals surface area contributed by atoms with Gasteiger partial charge in [-0.05, 0) is 36.8 Å². The summed E-state index contributed by atoms with van der Waals surface area (Å²) in [6, 6.07) is 7.97. The Hall–Kier alpha value is -1.39. The van der Waals surface area contributed by atoms with Gasteiger partial charge in [0.15, 0.2) is 0 Å². The van der Waals surface area contributed by atoms with Crippen LogP contribution in [0.4, 0.5) is 5.69 Å². The molecule has 2 saturated heterocycles. The number of para-hydroxylation sites is 1. The van der Waals surface area contributed by atoms with Gasteiger partial charge in [0.05, 0.1) is 18.1 Å². The minimum Gasteiger partial charge on any atom is -0.390 e. The molecule has 2 bridgehead atoms. The number of anilines is 1. The first-order valence-electron chi connectivity index (χ1n) is 7.40. The van der Waals surface area contributed by atoms with Gasteiger partial charge in [-0.3, -0.25) is 9.69 Å². The van der Waals surface area contributed by atoms with E-state index in [1.54, 1.807) is 0 Å². The van der Waals surface area contributed by atoms with Crippen molar-refractivity contribution in [1.29, 1.82) is 0 Å². The molecule has 2 aliphatic heterocycles. The number of nitrogens with zero attached hydrogens (tertiary/aromatic N) is 1. The summed E-state index contributed by atoms with van der Waals surface area (Å²) in [5, 5.41) is 10.3. The first-order chi connectivity index (χ1) is 9.68. The SMILES string of the molecule is Cc1ccccc1N1C(=O)C2C3CC4C(OC1C42)C3O. The van der Waals surface area contributed by atoms with Crippen LogP contribution in [0.3, 0.4) is 0 Å². The summed E-state index contributed by atoms with van der Waals surface area (Å²) < 4.78 is 6.09. The molecule has 1 N–H and O–H groups in total. The van der Waals surface area contributed by atoms with Gasteiger partial charge in [0.1, 0.15) is 6.23 Å². The second-order valence-corrected chi connectivity index (χ2v) is 6.64. The molecule has 0 radical (unpaired) electrons. The van der Waals surface area contributed by atoms with Crippen LogP contribution in [-0.4, -0.2) is 29.4 Å². The van der Waals surface area contributed by atoms with Crippen molar-refractivity contribution in [2.45, 2.75) is 31.8 Å². The summed E-state index contributed by atoms with van der Waals surface area (Å²) in [4.78, 5) is 14.7. The van der Waals surface area contributed by atoms with Crippen molar-refractivity contribution in [1.82, 2.24) is 0 Å². The Labute approximate surface area is 117 Å². The molecule has 7 atom stereocenters. The lowest BCUT2D eigenvalue weighted by Gasteiger charge is -2.31. The van der Waals surface area contributed by atoms with Gasteiger partial charge in [-0.2, -0.15) is 0 Å². The van der Waals surface area contributed by atoms with E-state index in [0.29, 0.717) is 11.8 Å². The Morgan fingerprint density at radius 2 is 2.10 bits per heavy atom. The molecule has 4 aliphatic rings. The van der Waals surface area contributed by atoms with Gasteiger partial charge in [-0.15, -0.1) is 0 Å². The summed E-state index contributed by atoms with van der Waals surface area (Å²) in [7, 11) is 0. The van der Waals surface area contributed by atoms with Crippen molar-refractivity contribution in [3.8, 4) is 0 Å². The zero-order chi connectivity index (χ0) is 13.6. The largest absolute Gasteiger partial charge is 0.390 e. The predicted molar refractivity (Wildman–Crippen MR) is 71.9 cm³/mol. The van der Waals surface area contributed by atoms with E-state index in [1.807, 2.05) is 36.1 Å². The molecule has 4 nitrogen and oxygen atoms in total. The van der Waals surface area contributed by atoms with Crippen LogP contribution in [0, 0.1) is 30.6 Å². The Balaban J connectivity index is 1.63. The van der Waals surface area contributed by atoms with Gasteiger partial charge < -0.3 is 9.84 Å². The highest BCUT2D eigenvalue weighted by Gasteiger charge is 2.72. The van der Waals surface area contributed by atoms with Crippen LogP contribution < -0.4 is 4.90 Å². The molecule has 0 aromatic heterocycles. The van der Waals surface area contributed by atoms with Gasteiger partial charge in [-0.1, -0.05) is 18.2 Å². The lowest BCUT2D eigenvalue weighted by atomic mass is 9.80. The number of fused-ring (bicyclic) bond motifs is 2. The van der Waals surface area contributed by atoms with Gasteiger partial charge >= 0.3 is 0 Å². The van der Waals surface area contributed by atoms with Gasteiger partial charge in [0, 0.05) is 11.6 Å². The first kappa shape index (κ1) is 11.3. The van der Waals surface area contributed by atoms with Crippen molar-refractivity contribution in [2.75, 3.05) is 4.90 Å². The molecule has 4 heteroatoms. The van der Waals surface area contributed by atoms with Crippen molar-refractivity contribution >= 4 is 11.6 Å². The molecule has 4 fully saturated rings. The quantitative estimate of drug-likeness (QED) is 0.838. The van der Waals surface area contributed by atoms with Crippen molar-refractivity contribution in [3.63, 3.8) is 0 Å². The zero-order valence-electron chi connectivity index (χ0n) is 11.3. The number of aliphatic hydroxyl groups is 1. The Kier molecular flexibility index (Phi) is 1.94. The minimum atomic E-state index is -0.436. The molecule has 2 aliphatic carbocycles. The van der Waals surface area contributed by atoms with Crippen LogP contribution in [-0.2, 0) is 9.53 Å². The Bertz CT molecular complexity index is 615. The summed E-state index contributed by atoms with van der Waals surface area (Å²) in [5.74, 6) is 0.905. The fraction of sp³-hybridized carbons (Fsp3) is 0.562. The lowest BCUT2D eigenvalue weighted by Crippen LogP contribution is -2.44. The molecule has 2 saturated carbocycles. The topological polar surface area (TPSA) is 49.8 Å². The van der Waals surface area contributed by atoms with Crippen LogP contribution >= 0.6 is 0 Å². The van der Waals surface area contributed by atoms with Crippen LogP contribution in [0.1, 0.15) is 12.0 Å². The van der Waals surface area contributed by atoms with Gasteiger partial charge in [-0.25, -0.2) is 0 Å². The Morgan fingerprint density at radius 1 is 1.30 bits per heavy atom. The number of hydrogen-bond donors (Lipinski definition) is 1. The van der Waals surface area contributed by atoms with Crippen molar-refractivity contribution in [2.24, 2.45) is 23.7 Å². The fourth-order valence-corrected chi connectivity index (χ4v) is 5.15. The van der Waals surface area contributed by atoms with E-state index in [0.717, 1.165) is 17.7 Å². The number of carbonyl (C=O) groups excluding carboxylic acids is 1. The number of carbonyl (C=O) groups is 1. The molecule has 20 heavy (non-hydrogen) atoms. The molecule has 5 rings (SSSR count). The third-order valence-electron chi connectivity index (χ3n) is 5.89. The highest BCUT2D eigenvalue weighted by Crippen LogP contribution is 2.64. The summed E-state index contributed by atoms with van der Waals surface area (Å²) in [6.07, 6.45) is 0.316. The highest BCUT2D eigenvalue weighted by atomic mass is 16.5. The minimum absolute atomic E-state index is 0.0293. The van der Waals surface area contributed by atoms with Gasteiger partial charge in [0.25, 0.3) is 0 Å². The second kappa shape index (κ2) is 3.43. The average molecular weight is 271 g/mol. The number of ether oxygens (including phenoxy) is 1. The second-order valence-electron chi connectivity index (χ2n) is 6.64. The standard InChI is InChI=1S/C16H17NO3/c1-7-4-2-3-5-10(7)17-15(19)11-8-6-9-12(11)16(17)20-14(9)13(8)18/h2-5,8-9,11-14,16,18H,6H2,1H3. The molecule has 1 aromatic rings. The zero-order valence-corrected chi connectivity index (χ0v) is 11.3. The van der Waals surface area contributed by atoms with Crippen LogP contribution in [0.15, 0.2) is 24.3 Å². The van der Waals surface area contributed by atoms with E-state index in [4.69, 9.17) is 4.74 Å². The van der Waals surface area contributed by atoms with Crippen molar-refractivity contribution in [3.05, 3.63) is 29.8 Å². The number of amides is 1. The van der Waals surface area contributed by atoms with E-state index >= 15 is 0 Å². The lowest BCUT2D eigenvalue weighted by molar-refractivity contribution is -0.128. The van der Waals surface area contributed by atoms with Crippen LogP contribution in [0.2, 0.25) is 0 Å². The number of benzene rings is 1. The molecule has 0 spiro atoms. The average Bonchev–Trinajstić information content (AvgIpc) is 3.09. The summed E-state index contributed by atoms with van der Waals surface area (Å²) in [5.41, 5.74) is 2.06. The predicted octanol–water partition coefficient (Wildman–Crippen LogP) is 1.31.